The van der Waals surface area contributed by atoms with Crippen LogP contribution >= 0.6 is 0 Å². The van der Waals surface area contributed by atoms with Gasteiger partial charge in [-0.05, 0) is 17.7 Å². The molecule has 30 heavy (non-hydrogen) atoms. The first kappa shape index (κ1) is 21.3. The van der Waals surface area contributed by atoms with E-state index in [0.29, 0.717) is 11.5 Å². The highest BCUT2D eigenvalue weighted by Crippen LogP contribution is 2.32. The van der Waals surface area contributed by atoms with Gasteiger partial charge in [0.05, 0.1) is 39.0 Å². The third-order valence-electron chi connectivity index (χ3n) is 4.42. The second kappa shape index (κ2) is 9.42. The number of ether oxygens (including phenoxy) is 3. The number of benzene rings is 1. The van der Waals surface area contributed by atoms with Gasteiger partial charge < -0.3 is 19.3 Å². The molecular formula is C20H23N3O7. The van der Waals surface area contributed by atoms with Crippen LogP contribution in [0.15, 0.2) is 57.9 Å². The van der Waals surface area contributed by atoms with Gasteiger partial charge in [0.25, 0.3) is 0 Å². The lowest BCUT2D eigenvalue weighted by Gasteiger charge is -2.15. The number of allylic oxidation sites excluding steroid dienone is 2. The molecule has 2 aromatic rings. The maximum Gasteiger partial charge on any atom is 0.336 e. The minimum absolute atomic E-state index is 0.0637. The van der Waals surface area contributed by atoms with Crippen LogP contribution in [-0.4, -0.2) is 38.3 Å². The highest BCUT2D eigenvalue weighted by Gasteiger charge is 2.17. The topological polar surface area (TPSA) is 114 Å². The number of aliphatic hydroxyl groups is 1. The van der Waals surface area contributed by atoms with Crippen LogP contribution in [-0.2, 0) is 31.0 Å². The second-order valence-electron chi connectivity index (χ2n) is 6.61. The van der Waals surface area contributed by atoms with Crippen molar-refractivity contribution >= 4 is 0 Å². The fourth-order valence-electron chi connectivity index (χ4n) is 3.02. The summed E-state index contributed by atoms with van der Waals surface area (Å²) in [7, 11) is 0. The summed E-state index contributed by atoms with van der Waals surface area (Å²) in [5.74, 6) is 1.28. The van der Waals surface area contributed by atoms with Crippen LogP contribution in [0.3, 0.4) is 0 Å². The van der Waals surface area contributed by atoms with Crippen LogP contribution in [0.4, 0.5) is 0 Å². The lowest BCUT2D eigenvalue weighted by molar-refractivity contribution is 0.0185. The number of aliphatic hydroxyl groups excluding tert-OH is 1. The summed E-state index contributed by atoms with van der Waals surface area (Å²) >= 11 is 0. The zero-order valence-electron chi connectivity index (χ0n) is 16.4. The first-order valence-corrected chi connectivity index (χ1v) is 9.26. The highest BCUT2D eigenvalue weighted by atomic mass is 16.7. The van der Waals surface area contributed by atoms with Gasteiger partial charge in [0.2, 0.25) is 6.79 Å². The normalized spacial score (nSPS) is 13.2. The number of hydrogen-bond acceptors (Lipinski definition) is 7. The first-order chi connectivity index (χ1) is 14.5. The molecule has 0 radical (unpaired) electrons. The molecule has 2 heterocycles. The largest absolute Gasteiger partial charge is 0.454 e. The summed E-state index contributed by atoms with van der Waals surface area (Å²) in [5, 5.41) is 10.3. The molecule has 0 amide bonds. The molecule has 0 saturated heterocycles. The monoisotopic (exact) mass is 417 g/mol. The molecule has 1 N–H and O–H groups in total. The zero-order valence-corrected chi connectivity index (χ0v) is 16.4. The predicted molar refractivity (Wildman–Crippen MR) is 108 cm³/mol. The summed E-state index contributed by atoms with van der Waals surface area (Å²) < 4.78 is 18.6. The quantitative estimate of drug-likeness (QED) is 0.535. The van der Waals surface area contributed by atoms with E-state index < -0.39 is 23.2 Å². The number of hydrogen-bond donors (Lipinski definition) is 1. The molecule has 0 spiro atoms. The smallest absolute Gasteiger partial charge is 0.336 e. The lowest BCUT2D eigenvalue weighted by Crippen LogP contribution is -2.55. The van der Waals surface area contributed by atoms with Crippen molar-refractivity contribution in [2.24, 2.45) is 0 Å². The van der Waals surface area contributed by atoms with Gasteiger partial charge in [-0.15, -0.1) is 13.2 Å². The van der Waals surface area contributed by atoms with Gasteiger partial charge in [-0.2, -0.15) is 0 Å². The summed E-state index contributed by atoms with van der Waals surface area (Å²) in [6, 6.07) is 5.35. The van der Waals surface area contributed by atoms with E-state index in [1.165, 1.54) is 12.2 Å². The highest BCUT2D eigenvalue weighted by molar-refractivity contribution is 5.44. The Balaban J connectivity index is 1.71. The molecule has 0 bridgehead atoms. The summed E-state index contributed by atoms with van der Waals surface area (Å²) in [6.45, 7) is 6.82. The second-order valence-corrected chi connectivity index (χ2v) is 6.61. The Morgan fingerprint density at radius 2 is 1.60 bits per heavy atom. The predicted octanol–water partition coefficient (Wildman–Crippen LogP) is -0.150. The van der Waals surface area contributed by atoms with E-state index in [9.17, 15) is 19.5 Å². The third kappa shape index (κ3) is 4.44. The maximum absolute atomic E-state index is 12.6. The molecule has 0 saturated carbocycles. The first-order valence-electron chi connectivity index (χ1n) is 9.26. The number of nitrogens with zero attached hydrogens (tertiary/aromatic N) is 3. The Bertz CT molecular complexity index is 1060. The summed E-state index contributed by atoms with van der Waals surface area (Å²) in [5.41, 5.74) is -1.58. The van der Waals surface area contributed by atoms with Crippen molar-refractivity contribution in [3.05, 3.63) is 80.5 Å². The summed E-state index contributed by atoms with van der Waals surface area (Å²) in [6.07, 6.45) is 1.61. The van der Waals surface area contributed by atoms with E-state index >= 15 is 0 Å². The minimum Gasteiger partial charge on any atom is -0.454 e. The van der Waals surface area contributed by atoms with Crippen LogP contribution in [0.5, 0.6) is 11.5 Å². The van der Waals surface area contributed by atoms with Crippen molar-refractivity contribution in [1.29, 1.82) is 0 Å². The van der Waals surface area contributed by atoms with Crippen molar-refractivity contribution in [2.45, 2.75) is 32.3 Å². The molecule has 1 aromatic carbocycles. The fourth-order valence-corrected chi connectivity index (χ4v) is 3.02. The van der Waals surface area contributed by atoms with Gasteiger partial charge in [-0.25, -0.2) is 28.1 Å². The van der Waals surface area contributed by atoms with Gasteiger partial charge in [0.15, 0.2) is 11.5 Å². The molecule has 160 valence electrons. The molecule has 0 aliphatic carbocycles. The van der Waals surface area contributed by atoms with E-state index in [1.807, 2.05) is 6.07 Å². The van der Waals surface area contributed by atoms with Crippen molar-refractivity contribution < 1.29 is 19.3 Å². The SMILES string of the molecule is C=CCn1c(=O)n(CC=C)c(=O)n(C[C@H](O)COCc2ccc3c(c2)OCO3)c1=O. The van der Waals surface area contributed by atoms with E-state index in [0.717, 1.165) is 19.3 Å². The molecule has 1 aromatic heterocycles. The van der Waals surface area contributed by atoms with Crippen LogP contribution in [0, 0.1) is 0 Å². The lowest BCUT2D eigenvalue weighted by atomic mass is 10.2. The van der Waals surface area contributed by atoms with Gasteiger partial charge in [0, 0.05) is 0 Å². The molecule has 0 fully saturated rings. The van der Waals surface area contributed by atoms with E-state index in [1.54, 1.807) is 12.1 Å². The average molecular weight is 417 g/mol. The molecule has 3 rings (SSSR count). The molecule has 1 aliphatic rings. The van der Waals surface area contributed by atoms with Crippen molar-refractivity contribution in [3.8, 4) is 11.5 Å². The van der Waals surface area contributed by atoms with E-state index in [4.69, 9.17) is 14.2 Å². The maximum atomic E-state index is 12.6. The van der Waals surface area contributed by atoms with Gasteiger partial charge in [-0.1, -0.05) is 18.2 Å². The van der Waals surface area contributed by atoms with Gasteiger partial charge in [0.1, 0.15) is 0 Å². The molecule has 10 heteroatoms. The minimum atomic E-state index is -1.14. The molecular weight excluding hydrogens is 394 g/mol. The molecule has 10 nitrogen and oxygen atoms in total. The van der Waals surface area contributed by atoms with Gasteiger partial charge in [-0.3, -0.25) is 0 Å². The number of fused-ring (bicyclic) bond motifs is 1. The average Bonchev–Trinajstić information content (AvgIpc) is 3.20. The van der Waals surface area contributed by atoms with Gasteiger partial charge >= 0.3 is 17.1 Å². The van der Waals surface area contributed by atoms with Crippen LogP contribution < -0.4 is 26.5 Å². The molecule has 1 aliphatic heterocycles. The third-order valence-corrected chi connectivity index (χ3v) is 4.42. The Morgan fingerprint density at radius 1 is 1.00 bits per heavy atom. The fraction of sp³-hybridized carbons (Fsp3) is 0.350. The standard InChI is InChI=1S/C20H23N3O7/c1-3-7-21-18(25)22(8-4-2)20(27)23(19(21)26)10-15(24)12-28-11-14-5-6-16-17(9-14)30-13-29-16/h3-6,9,15,24H,1-2,7-8,10-13H2/t15-/m0/s1. The molecule has 0 unspecified atom stereocenters. The van der Waals surface area contributed by atoms with Crippen LogP contribution in [0.25, 0.3) is 0 Å². The van der Waals surface area contributed by atoms with Crippen molar-refractivity contribution in [3.63, 3.8) is 0 Å². The van der Waals surface area contributed by atoms with E-state index in [2.05, 4.69) is 13.2 Å². The van der Waals surface area contributed by atoms with E-state index in [-0.39, 0.29) is 39.6 Å². The summed E-state index contributed by atoms with van der Waals surface area (Å²) in [4.78, 5) is 37.5. The Kier molecular flexibility index (Phi) is 6.70. The zero-order chi connectivity index (χ0) is 21.7. The molecule has 1 atom stereocenters. The van der Waals surface area contributed by atoms with Crippen LogP contribution in [0.1, 0.15) is 5.56 Å². The number of aromatic nitrogens is 3. The Hall–Kier alpha value is -3.37. The van der Waals surface area contributed by atoms with Crippen LogP contribution in [0.2, 0.25) is 0 Å². The van der Waals surface area contributed by atoms with Crippen molar-refractivity contribution in [2.75, 3.05) is 13.4 Å². The number of rotatable bonds is 10. The Morgan fingerprint density at radius 3 is 2.23 bits per heavy atom. The Labute approximate surface area is 171 Å². The van der Waals surface area contributed by atoms with Crippen molar-refractivity contribution in [1.82, 2.24) is 13.7 Å².